The van der Waals surface area contributed by atoms with E-state index in [2.05, 4.69) is 15.8 Å². The Balaban J connectivity index is 2.30. The summed E-state index contributed by atoms with van der Waals surface area (Å²) in [6.07, 6.45) is 0. The molecule has 2 amide bonds. The van der Waals surface area contributed by atoms with E-state index in [1.807, 2.05) is 6.07 Å². The van der Waals surface area contributed by atoms with Crippen LogP contribution in [0.1, 0.15) is 26.3 Å². The highest BCUT2D eigenvalue weighted by atomic mass is 32.2. The number of nitrogens with zero attached hydrogens (tertiary/aromatic N) is 2. The lowest BCUT2D eigenvalue weighted by molar-refractivity contribution is -0.121. The summed E-state index contributed by atoms with van der Waals surface area (Å²) in [5.74, 6) is -0.796. The van der Waals surface area contributed by atoms with E-state index in [9.17, 15) is 18.0 Å². The molecule has 8 nitrogen and oxygen atoms in total. The molecular formula is C20H24N4O4S. The molecule has 0 aliphatic heterocycles. The molecule has 0 bridgehead atoms. The van der Waals surface area contributed by atoms with Crippen molar-refractivity contribution in [2.24, 2.45) is 5.10 Å². The quantitative estimate of drug-likeness (QED) is 0.509. The lowest BCUT2D eigenvalue weighted by Gasteiger charge is -2.21. The molecule has 0 radical (unpaired) electrons. The normalized spacial score (nSPS) is 11.0. The van der Waals surface area contributed by atoms with E-state index in [1.165, 1.54) is 31.2 Å². The van der Waals surface area contributed by atoms with Gasteiger partial charge in [-0.05, 0) is 43.7 Å². The first-order chi connectivity index (χ1) is 13.7. The Hall–Kier alpha value is -3.04. The minimum atomic E-state index is -3.97. The Kier molecular flexibility index (Phi) is 7.63. The second kappa shape index (κ2) is 9.94. The van der Waals surface area contributed by atoms with Gasteiger partial charge in [0.2, 0.25) is 15.9 Å². The highest BCUT2D eigenvalue weighted by Crippen LogP contribution is 2.20. The molecule has 154 valence electrons. The molecule has 9 heteroatoms. The standard InChI is InChI=1S/C20H24N4O4S/c1-15(2)22-23-20(26)14-24(13-17-7-5-4-6-8-17)29(27,28)19-11-9-18(10-12-19)21-16(3)25/h4-12H,13-14H2,1-3H3,(H,21,25)(H,23,26). The number of anilines is 1. The van der Waals surface area contributed by atoms with E-state index < -0.39 is 15.9 Å². The van der Waals surface area contributed by atoms with Gasteiger partial charge >= 0.3 is 0 Å². The number of carbonyl (C=O) groups is 2. The summed E-state index contributed by atoms with van der Waals surface area (Å²) in [6.45, 7) is 4.44. The van der Waals surface area contributed by atoms with Gasteiger partial charge in [-0.25, -0.2) is 13.8 Å². The van der Waals surface area contributed by atoms with Crippen molar-refractivity contribution >= 4 is 33.2 Å². The van der Waals surface area contributed by atoms with Crippen LogP contribution in [0.25, 0.3) is 0 Å². The van der Waals surface area contributed by atoms with Crippen LogP contribution < -0.4 is 10.7 Å². The summed E-state index contributed by atoms with van der Waals surface area (Å²) in [5, 5.41) is 6.42. The van der Waals surface area contributed by atoms with Gasteiger partial charge in [-0.2, -0.15) is 9.41 Å². The average molecular weight is 417 g/mol. The summed E-state index contributed by atoms with van der Waals surface area (Å²) in [5.41, 5.74) is 4.22. The number of sulfonamides is 1. The maximum Gasteiger partial charge on any atom is 0.255 e. The third kappa shape index (κ3) is 6.81. The Labute approximate surface area is 170 Å². The van der Waals surface area contributed by atoms with Crippen LogP contribution in [0.4, 0.5) is 5.69 Å². The molecule has 0 aliphatic rings. The Morgan fingerprint density at radius 3 is 2.14 bits per heavy atom. The van der Waals surface area contributed by atoms with Crippen molar-refractivity contribution in [1.29, 1.82) is 0 Å². The Morgan fingerprint density at radius 2 is 1.59 bits per heavy atom. The molecule has 2 aromatic rings. The lowest BCUT2D eigenvalue weighted by atomic mass is 10.2. The minimum Gasteiger partial charge on any atom is -0.326 e. The smallest absolute Gasteiger partial charge is 0.255 e. The monoisotopic (exact) mass is 416 g/mol. The first-order valence-electron chi connectivity index (χ1n) is 8.90. The molecule has 0 unspecified atom stereocenters. The SMILES string of the molecule is CC(=O)Nc1ccc(S(=O)(=O)N(CC(=O)NN=C(C)C)Cc2ccccc2)cc1. The zero-order chi connectivity index (χ0) is 21.4. The van der Waals surface area contributed by atoms with Crippen LogP contribution in [0.5, 0.6) is 0 Å². The van der Waals surface area contributed by atoms with Gasteiger partial charge in [-0.3, -0.25) is 9.59 Å². The summed E-state index contributed by atoms with van der Waals surface area (Å²) < 4.78 is 27.4. The van der Waals surface area contributed by atoms with Gasteiger partial charge in [0, 0.05) is 24.9 Å². The molecule has 0 heterocycles. The van der Waals surface area contributed by atoms with Gasteiger partial charge in [-0.1, -0.05) is 30.3 Å². The lowest BCUT2D eigenvalue weighted by Crippen LogP contribution is -2.39. The van der Waals surface area contributed by atoms with Gasteiger partial charge < -0.3 is 5.32 Å². The van der Waals surface area contributed by atoms with Crippen LogP contribution in [0.3, 0.4) is 0 Å². The predicted molar refractivity (Wildman–Crippen MR) is 112 cm³/mol. The summed E-state index contributed by atoms with van der Waals surface area (Å²) >= 11 is 0. The van der Waals surface area contributed by atoms with Crippen molar-refractivity contribution in [1.82, 2.24) is 9.73 Å². The Morgan fingerprint density at radius 1 is 0.966 bits per heavy atom. The van der Waals surface area contributed by atoms with Crippen molar-refractivity contribution in [3.05, 3.63) is 60.2 Å². The average Bonchev–Trinajstić information content (AvgIpc) is 2.66. The maximum atomic E-state index is 13.2. The fourth-order valence-corrected chi connectivity index (χ4v) is 3.83. The first-order valence-corrected chi connectivity index (χ1v) is 10.3. The van der Waals surface area contributed by atoms with Gasteiger partial charge in [-0.15, -0.1) is 0 Å². The number of benzene rings is 2. The number of amides is 2. The Bertz CT molecular complexity index is 983. The highest BCUT2D eigenvalue weighted by Gasteiger charge is 2.27. The summed E-state index contributed by atoms with van der Waals surface area (Å²) in [6, 6.07) is 14.8. The van der Waals surface area contributed by atoms with E-state index in [-0.39, 0.29) is 23.9 Å². The van der Waals surface area contributed by atoms with Crippen molar-refractivity contribution in [2.75, 3.05) is 11.9 Å². The van der Waals surface area contributed by atoms with Crippen LogP contribution in [-0.2, 0) is 26.2 Å². The molecule has 0 atom stereocenters. The predicted octanol–water partition coefficient (Wildman–Crippen LogP) is 2.35. The maximum absolute atomic E-state index is 13.2. The molecule has 0 fully saturated rings. The van der Waals surface area contributed by atoms with Crippen LogP contribution in [0, 0.1) is 0 Å². The number of carbonyl (C=O) groups excluding carboxylic acids is 2. The van der Waals surface area contributed by atoms with E-state index in [1.54, 1.807) is 38.1 Å². The fraction of sp³-hybridized carbons (Fsp3) is 0.250. The molecule has 2 aromatic carbocycles. The van der Waals surface area contributed by atoms with Crippen LogP contribution in [0.15, 0.2) is 64.6 Å². The number of hydrogen-bond acceptors (Lipinski definition) is 5. The minimum absolute atomic E-state index is 0.0190. The highest BCUT2D eigenvalue weighted by molar-refractivity contribution is 7.89. The van der Waals surface area contributed by atoms with E-state index in [0.29, 0.717) is 11.4 Å². The second-order valence-electron chi connectivity index (χ2n) is 6.56. The topological polar surface area (TPSA) is 108 Å². The molecule has 0 aliphatic carbocycles. The van der Waals surface area contributed by atoms with Crippen molar-refractivity contribution in [3.63, 3.8) is 0 Å². The van der Waals surface area contributed by atoms with Crippen LogP contribution in [-0.4, -0.2) is 36.8 Å². The molecule has 0 spiro atoms. The van der Waals surface area contributed by atoms with E-state index in [4.69, 9.17) is 0 Å². The number of nitrogens with one attached hydrogen (secondary N) is 2. The summed E-state index contributed by atoms with van der Waals surface area (Å²) in [4.78, 5) is 23.4. The zero-order valence-electron chi connectivity index (χ0n) is 16.5. The summed E-state index contributed by atoms with van der Waals surface area (Å²) in [7, 11) is -3.97. The number of rotatable bonds is 8. The molecule has 29 heavy (non-hydrogen) atoms. The zero-order valence-corrected chi connectivity index (χ0v) is 17.4. The molecule has 2 rings (SSSR count). The van der Waals surface area contributed by atoms with Gasteiger partial charge in [0.05, 0.1) is 11.4 Å². The molecular weight excluding hydrogens is 392 g/mol. The molecule has 2 N–H and O–H groups in total. The fourth-order valence-electron chi connectivity index (χ4n) is 2.45. The second-order valence-corrected chi connectivity index (χ2v) is 8.50. The van der Waals surface area contributed by atoms with Gasteiger partial charge in [0.15, 0.2) is 0 Å². The molecule has 0 saturated heterocycles. The largest absolute Gasteiger partial charge is 0.326 e. The third-order valence-corrected chi connectivity index (χ3v) is 5.54. The third-order valence-electron chi connectivity index (χ3n) is 3.74. The molecule has 0 aromatic heterocycles. The van der Waals surface area contributed by atoms with Crippen molar-refractivity contribution in [3.8, 4) is 0 Å². The van der Waals surface area contributed by atoms with Gasteiger partial charge in [0.25, 0.3) is 5.91 Å². The van der Waals surface area contributed by atoms with Crippen molar-refractivity contribution in [2.45, 2.75) is 32.2 Å². The van der Waals surface area contributed by atoms with Crippen LogP contribution >= 0.6 is 0 Å². The first kappa shape index (κ1) is 22.3. The van der Waals surface area contributed by atoms with Gasteiger partial charge in [0.1, 0.15) is 0 Å². The van der Waals surface area contributed by atoms with E-state index >= 15 is 0 Å². The van der Waals surface area contributed by atoms with E-state index in [0.717, 1.165) is 9.87 Å². The molecule has 0 saturated carbocycles. The van der Waals surface area contributed by atoms with Crippen molar-refractivity contribution < 1.29 is 18.0 Å². The van der Waals surface area contributed by atoms with Crippen LogP contribution in [0.2, 0.25) is 0 Å². The number of hydrogen-bond donors (Lipinski definition) is 2. The number of hydrazone groups is 1.